The summed E-state index contributed by atoms with van der Waals surface area (Å²) in [6, 6.07) is 0.390. The molecule has 1 saturated carbocycles. The van der Waals surface area contributed by atoms with Crippen molar-refractivity contribution in [1.82, 2.24) is 9.80 Å². The molecule has 1 rings (SSSR count). The van der Waals surface area contributed by atoms with E-state index in [-0.39, 0.29) is 31.4 Å². The van der Waals surface area contributed by atoms with Crippen LogP contribution in [0.5, 0.6) is 0 Å². The molecule has 1 aliphatic carbocycles. The molecule has 0 atom stereocenters. The molecule has 0 aromatic rings. The van der Waals surface area contributed by atoms with E-state index in [4.69, 9.17) is 5.11 Å². The first-order valence-corrected chi connectivity index (χ1v) is 5.74. The van der Waals surface area contributed by atoms with Crippen LogP contribution in [0, 0.1) is 0 Å². The van der Waals surface area contributed by atoms with E-state index >= 15 is 0 Å². The van der Waals surface area contributed by atoms with Crippen LogP contribution in [0.15, 0.2) is 0 Å². The number of carbonyl (C=O) groups excluding carboxylic acids is 1. The minimum Gasteiger partial charge on any atom is -0.480 e. The summed E-state index contributed by atoms with van der Waals surface area (Å²) in [5.74, 6) is -0.854. The molecule has 1 aliphatic rings. The number of rotatable bonds is 7. The van der Waals surface area contributed by atoms with E-state index in [2.05, 4.69) is 0 Å². The zero-order chi connectivity index (χ0) is 12.1. The van der Waals surface area contributed by atoms with Crippen LogP contribution < -0.4 is 0 Å². The van der Waals surface area contributed by atoms with Crippen molar-refractivity contribution in [3.05, 3.63) is 0 Å². The lowest BCUT2D eigenvalue weighted by Gasteiger charge is -2.23. The van der Waals surface area contributed by atoms with Crippen LogP contribution in [0.1, 0.15) is 26.2 Å². The molecule has 0 aromatic carbocycles. The smallest absolute Gasteiger partial charge is 0.317 e. The van der Waals surface area contributed by atoms with E-state index < -0.39 is 5.97 Å². The van der Waals surface area contributed by atoms with Crippen molar-refractivity contribution >= 4 is 24.3 Å². The van der Waals surface area contributed by atoms with Gasteiger partial charge >= 0.3 is 5.97 Å². The number of halogens is 1. The van der Waals surface area contributed by atoms with Gasteiger partial charge in [-0.2, -0.15) is 0 Å². The second kappa shape index (κ2) is 7.50. The zero-order valence-corrected chi connectivity index (χ0v) is 11.2. The fourth-order valence-electron chi connectivity index (χ4n) is 1.69. The summed E-state index contributed by atoms with van der Waals surface area (Å²) in [6.07, 6.45) is 3.01. The number of nitrogens with zero attached hydrogens (tertiary/aromatic N) is 2. The lowest BCUT2D eigenvalue weighted by molar-refractivity contribution is -0.139. The van der Waals surface area contributed by atoms with Gasteiger partial charge in [-0.05, 0) is 25.8 Å². The molecule has 17 heavy (non-hydrogen) atoms. The second-order valence-corrected chi connectivity index (χ2v) is 4.34. The highest BCUT2D eigenvalue weighted by atomic mass is 35.5. The Kier molecular flexibility index (Phi) is 7.15. The van der Waals surface area contributed by atoms with Gasteiger partial charge < -0.3 is 10.0 Å². The quantitative estimate of drug-likeness (QED) is 0.740. The summed E-state index contributed by atoms with van der Waals surface area (Å²) < 4.78 is 0. The van der Waals surface area contributed by atoms with Crippen molar-refractivity contribution < 1.29 is 14.7 Å². The third-order valence-corrected chi connectivity index (χ3v) is 2.75. The van der Waals surface area contributed by atoms with Gasteiger partial charge in [-0.25, -0.2) is 0 Å². The van der Waals surface area contributed by atoms with Gasteiger partial charge in [0.2, 0.25) is 5.91 Å². The first-order valence-electron chi connectivity index (χ1n) is 5.74. The maximum atomic E-state index is 11.8. The van der Waals surface area contributed by atoms with Gasteiger partial charge in [-0.1, -0.05) is 6.92 Å². The molecule has 0 unspecified atom stereocenters. The van der Waals surface area contributed by atoms with Crippen molar-refractivity contribution in [2.75, 3.05) is 26.7 Å². The summed E-state index contributed by atoms with van der Waals surface area (Å²) in [4.78, 5) is 25.8. The van der Waals surface area contributed by atoms with Crippen LogP contribution >= 0.6 is 12.4 Å². The molecule has 0 aromatic heterocycles. The molecule has 1 fully saturated rings. The van der Waals surface area contributed by atoms with Crippen LogP contribution in [-0.4, -0.2) is 59.5 Å². The monoisotopic (exact) mass is 264 g/mol. The number of carboxylic acids is 1. The Bertz CT molecular complexity index is 269. The van der Waals surface area contributed by atoms with E-state index in [0.717, 1.165) is 19.3 Å². The number of amides is 1. The lowest BCUT2D eigenvalue weighted by atomic mass is 10.3. The Morgan fingerprint density at radius 2 is 1.88 bits per heavy atom. The van der Waals surface area contributed by atoms with Gasteiger partial charge in [0.1, 0.15) is 0 Å². The fraction of sp³-hybridized carbons (Fsp3) is 0.818. The summed E-state index contributed by atoms with van der Waals surface area (Å²) in [5, 5.41) is 8.72. The Morgan fingerprint density at radius 3 is 2.29 bits per heavy atom. The Hall–Kier alpha value is -0.810. The Balaban J connectivity index is 0.00000256. The van der Waals surface area contributed by atoms with Crippen molar-refractivity contribution in [3.8, 4) is 0 Å². The number of hydrogen-bond donors (Lipinski definition) is 1. The third-order valence-electron chi connectivity index (χ3n) is 2.75. The largest absolute Gasteiger partial charge is 0.480 e. The molecular weight excluding hydrogens is 244 g/mol. The van der Waals surface area contributed by atoms with Gasteiger partial charge in [0.25, 0.3) is 0 Å². The molecule has 0 aliphatic heterocycles. The predicted molar refractivity (Wildman–Crippen MR) is 67.4 cm³/mol. The standard InChI is InChI=1S/C11H20N2O3.ClH/c1-3-6-13(8-11(15)16)7-10(14)12(2)9-4-5-9;/h9H,3-8H2,1-2H3,(H,15,16);1H. The zero-order valence-electron chi connectivity index (χ0n) is 10.4. The van der Waals surface area contributed by atoms with Gasteiger partial charge in [0.15, 0.2) is 0 Å². The minimum absolute atomic E-state index is 0. The minimum atomic E-state index is -0.879. The first kappa shape index (κ1) is 16.2. The SMILES string of the molecule is CCCN(CC(=O)O)CC(=O)N(C)C1CC1.Cl. The average molecular weight is 265 g/mol. The maximum Gasteiger partial charge on any atom is 0.317 e. The van der Waals surface area contributed by atoms with Crippen molar-refractivity contribution in [2.24, 2.45) is 0 Å². The highest BCUT2D eigenvalue weighted by Crippen LogP contribution is 2.25. The molecule has 0 bridgehead atoms. The molecule has 0 heterocycles. The number of carboxylic acid groups (broad SMARTS) is 1. The number of hydrogen-bond acceptors (Lipinski definition) is 3. The normalized spacial score (nSPS) is 14.3. The lowest BCUT2D eigenvalue weighted by Crippen LogP contribution is -2.41. The molecular formula is C11H21ClN2O3. The van der Waals surface area contributed by atoms with E-state index in [9.17, 15) is 9.59 Å². The van der Waals surface area contributed by atoms with Gasteiger partial charge in [0, 0.05) is 13.1 Å². The van der Waals surface area contributed by atoms with E-state index in [1.165, 1.54) is 0 Å². The van der Waals surface area contributed by atoms with Gasteiger partial charge in [-0.3, -0.25) is 14.5 Å². The van der Waals surface area contributed by atoms with Crippen molar-refractivity contribution in [3.63, 3.8) is 0 Å². The highest BCUT2D eigenvalue weighted by Gasteiger charge is 2.30. The molecule has 0 saturated heterocycles. The average Bonchev–Trinajstić information content (AvgIpc) is 2.99. The summed E-state index contributed by atoms with van der Waals surface area (Å²) in [6.45, 7) is 2.78. The molecule has 5 nitrogen and oxygen atoms in total. The van der Waals surface area contributed by atoms with Crippen molar-refractivity contribution in [2.45, 2.75) is 32.2 Å². The number of carbonyl (C=O) groups is 2. The van der Waals surface area contributed by atoms with Crippen LogP contribution in [0.3, 0.4) is 0 Å². The van der Waals surface area contributed by atoms with Gasteiger partial charge in [-0.15, -0.1) is 12.4 Å². The number of likely N-dealkylation sites (N-methyl/N-ethyl adjacent to an activating group) is 1. The predicted octanol–water partition coefficient (Wildman–Crippen LogP) is 0.826. The van der Waals surface area contributed by atoms with Crippen molar-refractivity contribution in [1.29, 1.82) is 0 Å². The molecule has 1 N–H and O–H groups in total. The van der Waals surface area contributed by atoms with Gasteiger partial charge in [0.05, 0.1) is 13.1 Å². The molecule has 6 heteroatoms. The van der Waals surface area contributed by atoms with E-state index in [1.54, 1.807) is 16.8 Å². The maximum absolute atomic E-state index is 11.8. The van der Waals surface area contributed by atoms with E-state index in [0.29, 0.717) is 12.6 Å². The fourth-order valence-corrected chi connectivity index (χ4v) is 1.69. The molecule has 0 radical (unpaired) electrons. The number of aliphatic carboxylic acids is 1. The van der Waals surface area contributed by atoms with Crippen LogP contribution in [0.25, 0.3) is 0 Å². The molecule has 100 valence electrons. The summed E-state index contributed by atoms with van der Waals surface area (Å²) in [7, 11) is 1.80. The topological polar surface area (TPSA) is 60.9 Å². The summed E-state index contributed by atoms with van der Waals surface area (Å²) in [5.41, 5.74) is 0. The first-order chi connectivity index (χ1) is 7.54. The Morgan fingerprint density at radius 1 is 1.29 bits per heavy atom. The van der Waals surface area contributed by atoms with E-state index in [1.807, 2.05) is 6.92 Å². The molecule has 1 amide bonds. The van der Waals surface area contributed by atoms with Crippen LogP contribution in [0.4, 0.5) is 0 Å². The molecule has 0 spiro atoms. The highest BCUT2D eigenvalue weighted by molar-refractivity contribution is 5.85. The van der Waals surface area contributed by atoms with Crippen LogP contribution in [-0.2, 0) is 9.59 Å². The Labute approximate surface area is 108 Å². The second-order valence-electron chi connectivity index (χ2n) is 4.34. The third kappa shape index (κ3) is 5.89. The van der Waals surface area contributed by atoms with Crippen LogP contribution in [0.2, 0.25) is 0 Å². The summed E-state index contributed by atoms with van der Waals surface area (Å²) >= 11 is 0.